The number of hydrogen-bond acceptors (Lipinski definition) is 9. The minimum absolute atomic E-state index is 0.0976. The number of rotatable bonds is 17. The van der Waals surface area contributed by atoms with Crippen LogP contribution in [0.1, 0.15) is 80.0 Å². The number of halogens is 1. The smallest absolute Gasteiger partial charge is 0.303 e. The minimum Gasteiger partial charge on any atom is -0.489 e. The van der Waals surface area contributed by atoms with E-state index in [4.69, 9.17) is 18.9 Å². The van der Waals surface area contributed by atoms with Gasteiger partial charge in [-0.25, -0.2) is 17.5 Å². The van der Waals surface area contributed by atoms with Gasteiger partial charge >= 0.3 is 5.97 Å². The van der Waals surface area contributed by atoms with E-state index in [2.05, 4.69) is 4.72 Å². The van der Waals surface area contributed by atoms with Gasteiger partial charge in [0.1, 0.15) is 29.9 Å². The highest BCUT2D eigenvalue weighted by molar-refractivity contribution is 7.88. The number of carbonyl (C=O) groups is 2. The zero-order chi connectivity index (χ0) is 44.1. The Hall–Kier alpha value is -5.44. The molecule has 2 saturated heterocycles. The number of ether oxygens (including phenoxy) is 4. The maximum atomic E-state index is 14.4. The number of anilines is 1. The van der Waals surface area contributed by atoms with Crippen LogP contribution in [0.15, 0.2) is 121 Å². The van der Waals surface area contributed by atoms with Crippen LogP contribution in [0, 0.1) is 11.7 Å². The summed E-state index contributed by atoms with van der Waals surface area (Å²) in [7, 11) is -3.29. The molecule has 5 aromatic rings. The summed E-state index contributed by atoms with van der Waals surface area (Å²) in [6, 6.07) is 36.4. The van der Waals surface area contributed by atoms with Gasteiger partial charge in [-0.05, 0) is 103 Å². The van der Waals surface area contributed by atoms with Crippen molar-refractivity contribution in [2.75, 3.05) is 30.9 Å². The Morgan fingerprint density at radius 3 is 2.21 bits per heavy atom. The van der Waals surface area contributed by atoms with Crippen molar-refractivity contribution >= 4 is 27.6 Å². The number of β-lactam (4-membered cyclic amide) rings is 1. The van der Waals surface area contributed by atoms with E-state index >= 15 is 0 Å². The first-order chi connectivity index (χ1) is 29.6. The van der Waals surface area contributed by atoms with E-state index < -0.39 is 51.3 Å². The molecule has 2 aliphatic rings. The van der Waals surface area contributed by atoms with E-state index in [0.717, 1.165) is 34.1 Å². The second-order valence-corrected chi connectivity index (χ2v) is 18.4. The molecule has 0 saturated carbocycles. The maximum Gasteiger partial charge on any atom is 0.303 e. The number of nitrogens with zero attached hydrogens (tertiary/aromatic N) is 1. The summed E-state index contributed by atoms with van der Waals surface area (Å²) >= 11 is 0. The van der Waals surface area contributed by atoms with Crippen molar-refractivity contribution in [3.05, 3.63) is 155 Å². The summed E-state index contributed by atoms with van der Waals surface area (Å²) < 4.78 is 63.4. The van der Waals surface area contributed by atoms with Crippen LogP contribution in [0.25, 0.3) is 11.1 Å². The topological polar surface area (TPSA) is 141 Å². The average molecular weight is 865 g/mol. The Morgan fingerprint density at radius 2 is 1.56 bits per heavy atom. The molecule has 1 amide bonds. The van der Waals surface area contributed by atoms with Crippen LogP contribution in [0.2, 0.25) is 0 Å². The lowest BCUT2D eigenvalue weighted by Crippen LogP contribution is -2.55. The quantitative estimate of drug-likeness (QED) is 0.0537. The molecular weight excluding hydrogens is 812 g/mol. The number of nitrogens with one attached hydrogen (secondary N) is 1. The monoisotopic (exact) mass is 864 g/mol. The summed E-state index contributed by atoms with van der Waals surface area (Å²) in [5, 5.41) is 11.4. The van der Waals surface area contributed by atoms with Gasteiger partial charge in [0.15, 0.2) is 5.79 Å². The molecule has 0 radical (unpaired) electrons. The summed E-state index contributed by atoms with van der Waals surface area (Å²) in [4.78, 5) is 28.4. The standard InChI is InChI=1S/C49H53FN2O9S/c1-33(53)61-44(37-16-21-40(50)22-17-37)27-26-43-46(52(47(43)54)41-23-12-34(13-24-41)11-8-28-51-62(4,56)57)42-25-18-38(29-45(42)58-30-35-9-6-5-7-10-35)36-14-19-39(20-15-36)49(55)31-59-48(2,3)60-32-49/h5-7,9-10,12-25,29,43-44,46,51,55H,8,11,26-28,30-32H2,1-4H3/t43-,44+,46-/m1/s1. The van der Waals surface area contributed by atoms with Gasteiger partial charge < -0.3 is 29.0 Å². The summed E-state index contributed by atoms with van der Waals surface area (Å²) in [5.41, 5.74) is 5.20. The van der Waals surface area contributed by atoms with Gasteiger partial charge in [0.05, 0.1) is 31.4 Å². The lowest BCUT2D eigenvalue weighted by molar-refractivity contribution is -0.305. The van der Waals surface area contributed by atoms with Crippen molar-refractivity contribution in [1.29, 1.82) is 0 Å². The van der Waals surface area contributed by atoms with Crippen molar-refractivity contribution in [2.45, 2.75) is 76.6 Å². The zero-order valence-electron chi connectivity index (χ0n) is 35.4. The molecular formula is C49H53FN2O9S. The summed E-state index contributed by atoms with van der Waals surface area (Å²) in [6.45, 7) is 5.74. The van der Waals surface area contributed by atoms with Crippen molar-refractivity contribution in [3.63, 3.8) is 0 Å². The van der Waals surface area contributed by atoms with Gasteiger partial charge in [0.2, 0.25) is 15.9 Å². The highest BCUT2D eigenvalue weighted by Gasteiger charge is 2.50. The van der Waals surface area contributed by atoms with Gasteiger partial charge in [0, 0.05) is 24.7 Å². The van der Waals surface area contributed by atoms with E-state index in [1.54, 1.807) is 17.0 Å². The number of amides is 1. The van der Waals surface area contributed by atoms with E-state index in [0.29, 0.717) is 54.8 Å². The molecule has 0 spiro atoms. The van der Waals surface area contributed by atoms with Crippen LogP contribution in [0.3, 0.4) is 0 Å². The van der Waals surface area contributed by atoms with Crippen molar-refractivity contribution in [2.24, 2.45) is 5.92 Å². The normalized spacial score (nSPS) is 18.7. The minimum atomic E-state index is -3.29. The molecule has 62 heavy (non-hydrogen) atoms. The van der Waals surface area contributed by atoms with Crippen molar-refractivity contribution in [3.8, 4) is 16.9 Å². The molecule has 2 heterocycles. The van der Waals surface area contributed by atoms with Crippen LogP contribution in [0.4, 0.5) is 10.1 Å². The maximum absolute atomic E-state index is 14.4. The van der Waals surface area contributed by atoms with Crippen LogP contribution < -0.4 is 14.4 Å². The first-order valence-electron chi connectivity index (χ1n) is 20.8. The van der Waals surface area contributed by atoms with E-state index in [9.17, 15) is 27.5 Å². The lowest BCUT2D eigenvalue weighted by atomic mass is 9.77. The molecule has 0 bridgehead atoms. The number of benzene rings is 5. The summed E-state index contributed by atoms with van der Waals surface area (Å²) in [6.07, 6.45) is 2.36. The van der Waals surface area contributed by atoms with E-state index in [1.807, 2.05) is 111 Å². The average Bonchev–Trinajstić information content (AvgIpc) is 3.25. The Morgan fingerprint density at radius 1 is 0.903 bits per heavy atom. The molecule has 3 atom stereocenters. The highest BCUT2D eigenvalue weighted by atomic mass is 32.2. The molecule has 7 rings (SSSR count). The molecule has 2 fully saturated rings. The second-order valence-electron chi connectivity index (χ2n) is 16.5. The fourth-order valence-corrected chi connectivity index (χ4v) is 8.49. The van der Waals surface area contributed by atoms with Crippen LogP contribution in [0.5, 0.6) is 5.75 Å². The van der Waals surface area contributed by atoms with Gasteiger partial charge in [0.25, 0.3) is 0 Å². The third kappa shape index (κ3) is 10.9. The lowest BCUT2D eigenvalue weighted by Gasteiger charge is -2.48. The number of hydrogen-bond donors (Lipinski definition) is 2. The van der Waals surface area contributed by atoms with Gasteiger partial charge in [-0.1, -0.05) is 91.0 Å². The summed E-state index contributed by atoms with van der Waals surface area (Å²) in [5.74, 6) is -1.71. The number of sulfonamides is 1. The largest absolute Gasteiger partial charge is 0.489 e. The Kier molecular flexibility index (Phi) is 13.6. The van der Waals surface area contributed by atoms with Crippen molar-refractivity contribution in [1.82, 2.24) is 4.72 Å². The fraction of sp³-hybridized carbons (Fsp3) is 0.347. The van der Waals surface area contributed by atoms with Crippen LogP contribution >= 0.6 is 0 Å². The SMILES string of the molecule is CC(=O)O[C@@H](CC[C@H]1C(=O)N(c2ccc(CCCNS(C)(=O)=O)cc2)[C@@H]1c1ccc(-c2ccc(C3(O)COC(C)(C)OC3)cc2)cc1OCc1ccccc1)c1ccc(F)cc1. The molecule has 0 unspecified atom stereocenters. The molecule has 11 nitrogen and oxygen atoms in total. The van der Waals surface area contributed by atoms with Gasteiger partial charge in [-0.2, -0.15) is 0 Å². The first kappa shape index (κ1) is 44.6. The van der Waals surface area contributed by atoms with Crippen molar-refractivity contribution < 1.29 is 46.5 Å². The molecule has 0 aliphatic carbocycles. The molecule has 13 heteroatoms. The van der Waals surface area contributed by atoms with E-state index in [1.165, 1.54) is 19.1 Å². The molecule has 2 aliphatic heterocycles. The molecule has 0 aromatic heterocycles. The number of carbonyl (C=O) groups excluding carboxylic acids is 2. The van der Waals surface area contributed by atoms with Gasteiger partial charge in [-0.15, -0.1) is 0 Å². The van der Waals surface area contributed by atoms with Crippen LogP contribution in [-0.2, 0) is 52.5 Å². The third-order valence-electron chi connectivity index (χ3n) is 11.4. The highest BCUT2D eigenvalue weighted by Crippen LogP contribution is 2.50. The Balaban J connectivity index is 1.21. The van der Waals surface area contributed by atoms with E-state index in [-0.39, 0.29) is 25.7 Å². The number of aliphatic hydroxyl groups is 1. The van der Waals surface area contributed by atoms with Gasteiger partial charge in [-0.3, -0.25) is 9.59 Å². The predicted molar refractivity (Wildman–Crippen MR) is 234 cm³/mol. The molecule has 2 N–H and O–H groups in total. The second kappa shape index (κ2) is 18.9. The fourth-order valence-electron chi connectivity index (χ4n) is 7.98. The Bertz CT molecular complexity index is 2430. The molecule has 326 valence electrons. The number of esters is 1. The zero-order valence-corrected chi connectivity index (χ0v) is 36.2. The predicted octanol–water partition coefficient (Wildman–Crippen LogP) is 8.31. The number of aryl methyl sites for hydroxylation is 1. The van der Waals surface area contributed by atoms with Crippen LogP contribution in [-0.4, -0.2) is 57.2 Å². The first-order valence-corrected chi connectivity index (χ1v) is 22.7. The third-order valence-corrected chi connectivity index (χ3v) is 12.1. The Labute approximate surface area is 362 Å². The molecule has 5 aromatic carbocycles.